The molecular weight excluding hydrogens is 388 g/mol. The van der Waals surface area contributed by atoms with Crippen LogP contribution in [0.2, 0.25) is 0 Å². The maximum Gasteiger partial charge on any atom is 0.353 e. The fraction of sp³-hybridized carbons (Fsp3) is 0.625. The van der Waals surface area contributed by atoms with Gasteiger partial charge in [0.05, 0.1) is 24.1 Å². The van der Waals surface area contributed by atoms with Gasteiger partial charge in [-0.1, -0.05) is 5.11 Å². The van der Waals surface area contributed by atoms with Crippen LogP contribution in [0.15, 0.2) is 15.7 Å². The molecule has 0 aromatic heterocycles. The Morgan fingerprint density at radius 3 is 2.82 bits per heavy atom. The van der Waals surface area contributed by atoms with Crippen molar-refractivity contribution in [3.63, 3.8) is 0 Å². The average molecular weight is 408 g/mol. The van der Waals surface area contributed by atoms with Crippen LogP contribution >= 0.6 is 11.8 Å². The predicted octanol–water partition coefficient (Wildman–Crippen LogP) is 0.584. The monoisotopic (exact) mass is 408 g/mol. The number of nitrogens with zero attached hydrogens (tertiary/aromatic N) is 5. The zero-order chi connectivity index (χ0) is 20.8. The Labute approximate surface area is 165 Å². The molecule has 0 bridgehead atoms. The van der Waals surface area contributed by atoms with Gasteiger partial charge in [-0.05, 0) is 18.9 Å². The zero-order valence-corrected chi connectivity index (χ0v) is 15.9. The first-order valence-corrected chi connectivity index (χ1v) is 9.59. The second-order valence-electron chi connectivity index (χ2n) is 6.37. The number of hydrogen-bond acceptors (Lipinski definition) is 7. The van der Waals surface area contributed by atoms with E-state index in [4.69, 9.17) is 10.8 Å². The van der Waals surface area contributed by atoms with Gasteiger partial charge in [0.25, 0.3) is 0 Å². The Morgan fingerprint density at radius 1 is 1.54 bits per heavy atom. The molecule has 3 N–H and O–H groups in total. The second-order valence-corrected chi connectivity index (χ2v) is 7.51. The molecule has 0 aromatic carbocycles. The van der Waals surface area contributed by atoms with Crippen molar-refractivity contribution < 1.29 is 24.6 Å². The van der Waals surface area contributed by atoms with Crippen molar-refractivity contribution in [3.8, 4) is 6.07 Å². The highest BCUT2D eigenvalue weighted by molar-refractivity contribution is 8.03. The smallest absolute Gasteiger partial charge is 0.353 e. The van der Waals surface area contributed by atoms with Crippen molar-refractivity contribution in [1.82, 2.24) is 10.2 Å². The highest BCUT2D eigenvalue weighted by Gasteiger charge is 2.60. The van der Waals surface area contributed by atoms with Gasteiger partial charge in [0.1, 0.15) is 12.2 Å². The maximum atomic E-state index is 12.4. The van der Waals surface area contributed by atoms with Crippen LogP contribution in [-0.4, -0.2) is 63.9 Å². The lowest BCUT2D eigenvalue weighted by molar-refractivity contribution is -0.163. The number of azide groups is 1. The van der Waals surface area contributed by atoms with Crippen molar-refractivity contribution in [3.05, 3.63) is 21.0 Å². The minimum atomic E-state index is -1.24. The number of hydrogen-bond donors (Lipinski definition) is 3. The van der Waals surface area contributed by atoms with E-state index >= 15 is 0 Å². The average Bonchev–Trinajstić information content (AvgIpc) is 2.90. The van der Waals surface area contributed by atoms with E-state index in [0.717, 1.165) is 0 Å². The van der Waals surface area contributed by atoms with Crippen molar-refractivity contribution >= 4 is 29.5 Å². The van der Waals surface area contributed by atoms with E-state index in [0.29, 0.717) is 17.1 Å². The van der Waals surface area contributed by atoms with E-state index in [-0.39, 0.29) is 31.1 Å². The summed E-state index contributed by atoms with van der Waals surface area (Å²) in [5.41, 5.74) is 8.13. The van der Waals surface area contributed by atoms with Gasteiger partial charge < -0.3 is 20.4 Å². The molecular formula is C16H20N6O5S. The first-order chi connectivity index (χ1) is 13.3. The number of aliphatic hydroxyl groups excluding tert-OH is 1. The van der Waals surface area contributed by atoms with Crippen molar-refractivity contribution in [1.29, 1.82) is 5.26 Å². The summed E-state index contributed by atoms with van der Waals surface area (Å²) in [6.07, 6.45) is -0.380. The Morgan fingerprint density at radius 2 is 2.25 bits per heavy atom. The van der Waals surface area contributed by atoms with Crippen molar-refractivity contribution in [2.24, 2.45) is 17.0 Å². The number of nitrogens with one attached hydrogen (secondary N) is 1. The van der Waals surface area contributed by atoms with Crippen molar-refractivity contribution in [2.45, 2.75) is 31.9 Å². The van der Waals surface area contributed by atoms with Gasteiger partial charge in [-0.25, -0.2) is 4.79 Å². The van der Waals surface area contributed by atoms with Crippen LogP contribution in [0.25, 0.3) is 10.4 Å². The molecule has 11 nitrogen and oxygen atoms in total. The van der Waals surface area contributed by atoms with Gasteiger partial charge in [0, 0.05) is 34.5 Å². The van der Waals surface area contributed by atoms with Gasteiger partial charge in [0.2, 0.25) is 11.8 Å². The van der Waals surface area contributed by atoms with E-state index in [9.17, 15) is 24.6 Å². The Hall–Kier alpha value is -2.74. The number of carbonyl (C=O) groups is 3. The molecule has 0 aromatic rings. The summed E-state index contributed by atoms with van der Waals surface area (Å²) in [5.74, 6) is -2.87. The summed E-state index contributed by atoms with van der Waals surface area (Å²) in [5, 5.41) is 34.1. The van der Waals surface area contributed by atoms with Crippen LogP contribution in [0, 0.1) is 23.2 Å². The van der Waals surface area contributed by atoms with Gasteiger partial charge in [0.15, 0.2) is 0 Å². The molecule has 1 fully saturated rings. The number of β-lactam (4-membered cyclic amide) rings is 1. The Balaban J connectivity index is 2.22. The normalized spacial score (nSPS) is 24.0. The predicted molar refractivity (Wildman–Crippen MR) is 98.3 cm³/mol. The number of fused-ring (bicyclic) bond motifs is 1. The largest absolute Gasteiger partial charge is 0.477 e. The van der Waals surface area contributed by atoms with Crippen LogP contribution in [0.5, 0.6) is 0 Å². The van der Waals surface area contributed by atoms with Crippen LogP contribution in [0.3, 0.4) is 0 Å². The quantitative estimate of drug-likeness (QED) is 0.155. The summed E-state index contributed by atoms with van der Waals surface area (Å²) in [4.78, 5) is 40.0. The number of thioether (sulfide) groups is 1. The number of carbonyl (C=O) groups excluding carboxylic acids is 2. The summed E-state index contributed by atoms with van der Waals surface area (Å²) in [6.45, 7) is 1.33. The molecule has 2 aliphatic rings. The lowest BCUT2D eigenvalue weighted by atomic mass is 9.77. The van der Waals surface area contributed by atoms with Crippen LogP contribution in [0.4, 0.5) is 0 Å². The molecule has 0 aliphatic carbocycles. The van der Waals surface area contributed by atoms with Crippen LogP contribution in [-0.2, 0) is 14.4 Å². The van der Waals surface area contributed by atoms with E-state index in [1.54, 1.807) is 0 Å². The number of carboxylic acids is 1. The molecule has 150 valence electrons. The minimum absolute atomic E-state index is 0.111. The number of nitriles is 1. The molecule has 2 amide bonds. The third-order valence-electron chi connectivity index (χ3n) is 4.66. The van der Waals surface area contributed by atoms with E-state index < -0.39 is 35.8 Å². The highest BCUT2D eigenvalue weighted by Crippen LogP contribution is 2.51. The number of rotatable bonds is 10. The maximum absolute atomic E-state index is 12.4. The number of carboxylic acid groups (broad SMARTS) is 1. The van der Waals surface area contributed by atoms with E-state index in [1.807, 2.05) is 6.07 Å². The van der Waals surface area contributed by atoms with Gasteiger partial charge in [-0.3, -0.25) is 9.59 Å². The molecule has 2 aliphatic heterocycles. The number of amides is 2. The third kappa shape index (κ3) is 4.22. The molecule has 4 atom stereocenters. The number of aliphatic carboxylic acids is 1. The summed E-state index contributed by atoms with van der Waals surface area (Å²) < 4.78 is 0. The SMILES string of the molecule is C[C@@H](O)[C@H]1C(=O)N2C(C(=O)O)=C(SCCC#N)[C@H](CCNC(=O)CN=[N+]=[N-])C12. The van der Waals surface area contributed by atoms with E-state index in [1.165, 1.54) is 23.6 Å². The second kappa shape index (κ2) is 9.45. The topological polar surface area (TPSA) is 179 Å². The van der Waals surface area contributed by atoms with Gasteiger partial charge in [-0.2, -0.15) is 5.26 Å². The molecule has 12 heteroatoms. The Bertz CT molecular complexity index is 785. The molecule has 0 radical (unpaired) electrons. The van der Waals surface area contributed by atoms with Gasteiger partial charge in [-0.15, -0.1) is 11.8 Å². The standard InChI is InChI=1S/C16H20N6O5S/c1-8(23)11-12-9(3-5-19-10(24)7-20-21-18)14(28-6-2-4-17)13(16(26)27)22(12)15(11)25/h8-9,11-12,23H,2-3,5-7H2,1H3,(H,19,24)(H,26,27)/t8-,9-,11-,12?/m1/s1. The summed E-state index contributed by atoms with van der Waals surface area (Å²) >= 11 is 1.21. The third-order valence-corrected chi connectivity index (χ3v) is 5.88. The molecule has 2 heterocycles. The zero-order valence-electron chi connectivity index (χ0n) is 15.1. The van der Waals surface area contributed by atoms with Crippen molar-refractivity contribution in [2.75, 3.05) is 18.8 Å². The molecule has 2 rings (SSSR count). The molecule has 0 saturated carbocycles. The Kier molecular flexibility index (Phi) is 7.28. The van der Waals surface area contributed by atoms with Crippen LogP contribution < -0.4 is 5.32 Å². The fourth-order valence-corrected chi connectivity index (χ4v) is 4.78. The first kappa shape index (κ1) is 21.6. The molecule has 1 unspecified atom stereocenters. The van der Waals surface area contributed by atoms with Crippen LogP contribution in [0.1, 0.15) is 19.8 Å². The summed E-state index contributed by atoms with van der Waals surface area (Å²) in [7, 11) is 0. The first-order valence-electron chi connectivity index (χ1n) is 8.61. The minimum Gasteiger partial charge on any atom is -0.477 e. The number of aliphatic hydroxyl groups is 1. The summed E-state index contributed by atoms with van der Waals surface area (Å²) in [6, 6.07) is 1.49. The van der Waals surface area contributed by atoms with Gasteiger partial charge >= 0.3 is 5.97 Å². The lowest BCUT2D eigenvalue weighted by Gasteiger charge is -2.47. The molecule has 0 spiro atoms. The fourth-order valence-electron chi connectivity index (χ4n) is 3.57. The lowest BCUT2D eigenvalue weighted by Crippen LogP contribution is -2.64. The highest BCUT2D eigenvalue weighted by atomic mass is 32.2. The molecule has 28 heavy (non-hydrogen) atoms. The van der Waals surface area contributed by atoms with E-state index in [2.05, 4.69) is 15.3 Å². The molecule has 1 saturated heterocycles.